The van der Waals surface area contributed by atoms with Crippen LogP contribution in [0.25, 0.3) is 0 Å². The van der Waals surface area contributed by atoms with Crippen molar-refractivity contribution in [2.24, 2.45) is 5.16 Å². The van der Waals surface area contributed by atoms with Gasteiger partial charge in [0.05, 0.1) is 11.9 Å². The highest BCUT2D eigenvalue weighted by atomic mass is 16.7. The first-order valence-electron chi connectivity index (χ1n) is 9.22. The van der Waals surface area contributed by atoms with Crippen LogP contribution in [0.3, 0.4) is 0 Å². The number of aryl methyl sites for hydroxylation is 1. The minimum atomic E-state index is -0.472. The van der Waals surface area contributed by atoms with Crippen LogP contribution in [0.2, 0.25) is 0 Å². The molecule has 0 saturated carbocycles. The summed E-state index contributed by atoms with van der Waals surface area (Å²) in [6.07, 6.45) is 2.91. The summed E-state index contributed by atoms with van der Waals surface area (Å²) in [5.41, 5.74) is 2.83. The Kier molecular flexibility index (Phi) is 5.33. The van der Waals surface area contributed by atoms with Crippen molar-refractivity contribution in [3.63, 3.8) is 0 Å². The summed E-state index contributed by atoms with van der Waals surface area (Å²) < 4.78 is 5.80. The molecule has 3 aromatic rings. The van der Waals surface area contributed by atoms with E-state index in [1.54, 1.807) is 4.90 Å². The Labute approximate surface area is 163 Å². The molecule has 1 aliphatic rings. The van der Waals surface area contributed by atoms with Crippen LogP contribution in [0.15, 0.2) is 84.0 Å². The topological polar surface area (TPSA) is 51.1 Å². The third-order valence-electron chi connectivity index (χ3n) is 4.50. The molecule has 0 aliphatic carbocycles. The molecule has 1 amide bonds. The summed E-state index contributed by atoms with van der Waals surface area (Å²) in [5, 5.41) is 3.87. The molecule has 5 heteroatoms. The van der Waals surface area contributed by atoms with Crippen molar-refractivity contribution in [1.29, 1.82) is 0 Å². The van der Waals surface area contributed by atoms with Gasteiger partial charge in [0, 0.05) is 6.54 Å². The monoisotopic (exact) mass is 372 g/mol. The van der Waals surface area contributed by atoms with Crippen LogP contribution in [0.1, 0.15) is 17.5 Å². The Morgan fingerprint density at radius 2 is 1.71 bits per heavy atom. The molecule has 0 fully saturated rings. The van der Waals surface area contributed by atoms with Gasteiger partial charge in [-0.05, 0) is 54.3 Å². The number of benzene rings is 3. The SMILES string of the molecule is O=C(ON=Cc1cccc(Oc2ccccc2)c1)N1CCCc2ccccc21. The quantitative estimate of drug-likeness (QED) is 0.350. The number of rotatable bonds is 4. The lowest BCUT2D eigenvalue weighted by Crippen LogP contribution is -2.35. The predicted octanol–water partition coefficient (Wildman–Crippen LogP) is 5.40. The Balaban J connectivity index is 1.40. The number of oxime groups is 1. The fourth-order valence-corrected chi connectivity index (χ4v) is 3.19. The first-order valence-corrected chi connectivity index (χ1v) is 9.22. The fraction of sp³-hybridized carbons (Fsp3) is 0.130. The molecule has 0 aromatic heterocycles. The van der Waals surface area contributed by atoms with Crippen molar-refractivity contribution in [3.05, 3.63) is 90.0 Å². The second-order valence-corrected chi connectivity index (χ2v) is 6.46. The highest BCUT2D eigenvalue weighted by Crippen LogP contribution is 2.27. The van der Waals surface area contributed by atoms with Gasteiger partial charge < -0.3 is 4.74 Å². The van der Waals surface area contributed by atoms with E-state index in [9.17, 15) is 4.79 Å². The third kappa shape index (κ3) is 4.20. The molecular weight excluding hydrogens is 352 g/mol. The average molecular weight is 372 g/mol. The lowest BCUT2D eigenvalue weighted by atomic mass is 10.0. The van der Waals surface area contributed by atoms with Crippen molar-refractivity contribution in [2.45, 2.75) is 12.8 Å². The van der Waals surface area contributed by atoms with E-state index in [2.05, 4.69) is 5.16 Å². The Morgan fingerprint density at radius 3 is 2.61 bits per heavy atom. The third-order valence-corrected chi connectivity index (χ3v) is 4.50. The van der Waals surface area contributed by atoms with Gasteiger partial charge in [-0.25, -0.2) is 4.79 Å². The van der Waals surface area contributed by atoms with E-state index in [4.69, 9.17) is 9.57 Å². The molecule has 0 N–H and O–H groups in total. The largest absolute Gasteiger partial charge is 0.457 e. The maximum Gasteiger partial charge on any atom is 0.440 e. The molecule has 1 heterocycles. The highest BCUT2D eigenvalue weighted by Gasteiger charge is 2.23. The lowest BCUT2D eigenvalue weighted by Gasteiger charge is -2.27. The zero-order chi connectivity index (χ0) is 19.2. The standard InChI is InChI=1S/C23H20N2O3/c26-23(25-15-7-10-19-9-4-5-14-22(19)25)28-24-17-18-8-6-13-21(16-18)27-20-11-2-1-3-12-20/h1-6,8-9,11-14,16-17H,7,10,15H2. The van der Waals surface area contributed by atoms with Crippen LogP contribution in [-0.4, -0.2) is 18.9 Å². The van der Waals surface area contributed by atoms with Gasteiger partial charge in [0.2, 0.25) is 0 Å². The second kappa shape index (κ2) is 8.39. The van der Waals surface area contributed by atoms with Crippen LogP contribution < -0.4 is 9.64 Å². The summed E-state index contributed by atoms with van der Waals surface area (Å²) in [4.78, 5) is 19.2. The Morgan fingerprint density at radius 1 is 0.929 bits per heavy atom. The van der Waals surface area contributed by atoms with Crippen LogP contribution >= 0.6 is 0 Å². The van der Waals surface area contributed by atoms with Gasteiger partial charge in [0.1, 0.15) is 11.5 Å². The van der Waals surface area contributed by atoms with Gasteiger partial charge in [0.25, 0.3) is 0 Å². The fourth-order valence-electron chi connectivity index (χ4n) is 3.19. The smallest absolute Gasteiger partial charge is 0.440 e. The maximum absolute atomic E-state index is 12.4. The average Bonchev–Trinajstić information content (AvgIpc) is 2.74. The van der Waals surface area contributed by atoms with Gasteiger partial charge in [-0.15, -0.1) is 0 Å². The summed E-state index contributed by atoms with van der Waals surface area (Å²) in [6, 6.07) is 24.8. The molecule has 0 saturated heterocycles. The summed E-state index contributed by atoms with van der Waals surface area (Å²) in [7, 11) is 0. The van der Waals surface area contributed by atoms with E-state index in [0.29, 0.717) is 12.3 Å². The van der Waals surface area contributed by atoms with Crippen LogP contribution in [0.5, 0.6) is 11.5 Å². The van der Waals surface area contributed by atoms with Crippen molar-refractivity contribution in [1.82, 2.24) is 0 Å². The van der Waals surface area contributed by atoms with Crippen LogP contribution in [0.4, 0.5) is 10.5 Å². The normalized spacial score (nSPS) is 13.2. The second-order valence-electron chi connectivity index (χ2n) is 6.46. The number of ether oxygens (including phenoxy) is 1. The first-order chi connectivity index (χ1) is 13.8. The number of carbonyl (C=O) groups is 1. The number of hydrogen-bond donors (Lipinski definition) is 0. The van der Waals surface area contributed by atoms with E-state index in [0.717, 1.165) is 35.4 Å². The van der Waals surface area contributed by atoms with E-state index in [1.807, 2.05) is 78.9 Å². The van der Waals surface area contributed by atoms with Gasteiger partial charge in [-0.1, -0.05) is 53.7 Å². The minimum absolute atomic E-state index is 0.472. The Bertz CT molecular complexity index is 986. The molecule has 4 rings (SSSR count). The zero-order valence-corrected chi connectivity index (χ0v) is 15.3. The van der Waals surface area contributed by atoms with Gasteiger partial charge in [-0.2, -0.15) is 0 Å². The molecule has 5 nitrogen and oxygen atoms in total. The van der Waals surface area contributed by atoms with E-state index >= 15 is 0 Å². The molecular formula is C23H20N2O3. The molecule has 0 unspecified atom stereocenters. The number of hydrogen-bond acceptors (Lipinski definition) is 4. The van der Waals surface area contributed by atoms with Crippen molar-refractivity contribution in [2.75, 3.05) is 11.4 Å². The molecule has 28 heavy (non-hydrogen) atoms. The number of anilines is 1. The van der Waals surface area contributed by atoms with E-state index in [-0.39, 0.29) is 0 Å². The summed E-state index contributed by atoms with van der Waals surface area (Å²) in [6.45, 7) is 0.631. The summed E-state index contributed by atoms with van der Waals surface area (Å²) >= 11 is 0. The van der Waals surface area contributed by atoms with Crippen molar-refractivity contribution in [3.8, 4) is 11.5 Å². The van der Waals surface area contributed by atoms with Crippen LogP contribution in [0, 0.1) is 0 Å². The molecule has 0 bridgehead atoms. The predicted molar refractivity (Wildman–Crippen MR) is 109 cm³/mol. The molecule has 0 spiro atoms. The van der Waals surface area contributed by atoms with Gasteiger partial charge in [0.15, 0.2) is 0 Å². The van der Waals surface area contributed by atoms with Gasteiger partial charge in [-0.3, -0.25) is 9.74 Å². The molecule has 1 aliphatic heterocycles. The number of para-hydroxylation sites is 2. The zero-order valence-electron chi connectivity index (χ0n) is 15.3. The van der Waals surface area contributed by atoms with Crippen molar-refractivity contribution >= 4 is 18.0 Å². The number of carbonyl (C=O) groups excluding carboxylic acids is 1. The van der Waals surface area contributed by atoms with Crippen molar-refractivity contribution < 1.29 is 14.4 Å². The lowest BCUT2D eigenvalue weighted by molar-refractivity contribution is 0.158. The highest BCUT2D eigenvalue weighted by molar-refractivity contribution is 5.90. The van der Waals surface area contributed by atoms with Gasteiger partial charge >= 0.3 is 6.09 Å². The molecule has 0 radical (unpaired) electrons. The summed E-state index contributed by atoms with van der Waals surface area (Å²) in [5.74, 6) is 1.44. The minimum Gasteiger partial charge on any atom is -0.457 e. The molecule has 140 valence electrons. The number of nitrogens with zero attached hydrogens (tertiary/aromatic N) is 2. The first kappa shape index (κ1) is 17.8. The Hall–Kier alpha value is -3.60. The number of amides is 1. The van der Waals surface area contributed by atoms with E-state index in [1.165, 1.54) is 6.21 Å². The number of fused-ring (bicyclic) bond motifs is 1. The maximum atomic E-state index is 12.4. The molecule has 0 atom stereocenters. The van der Waals surface area contributed by atoms with Crippen LogP contribution in [-0.2, 0) is 11.3 Å². The van der Waals surface area contributed by atoms with E-state index < -0.39 is 6.09 Å². The molecule has 3 aromatic carbocycles.